The largest absolute Gasteiger partial charge is 0.355 e. The summed E-state index contributed by atoms with van der Waals surface area (Å²) in [5.41, 5.74) is 1.36. The molecule has 0 aromatic heterocycles. The summed E-state index contributed by atoms with van der Waals surface area (Å²) in [6, 6.07) is 11.0. The quantitative estimate of drug-likeness (QED) is 0.337. The van der Waals surface area contributed by atoms with E-state index < -0.39 is 10.0 Å². The number of hydrogen-bond acceptors (Lipinski definition) is 4. The summed E-state index contributed by atoms with van der Waals surface area (Å²) in [5, 5.41) is 6.73. The number of sulfonamides is 1. The van der Waals surface area contributed by atoms with Gasteiger partial charge in [-0.3, -0.25) is 9.89 Å². The number of benzene rings is 1. The molecule has 2 fully saturated rings. The predicted molar refractivity (Wildman–Crippen MR) is 125 cm³/mol. The Hall–Kier alpha value is -0.910. The Balaban J connectivity index is 0.00000280. The van der Waals surface area contributed by atoms with Crippen molar-refractivity contribution in [3.63, 3.8) is 0 Å². The van der Waals surface area contributed by atoms with Crippen LogP contribution >= 0.6 is 24.0 Å². The minimum atomic E-state index is -3.02. The molecule has 0 aliphatic carbocycles. The number of likely N-dealkylation sites (tertiary alicyclic amines) is 1. The molecule has 3 rings (SSSR count). The van der Waals surface area contributed by atoms with Crippen LogP contribution in [-0.2, 0) is 16.6 Å². The Labute approximate surface area is 186 Å². The Morgan fingerprint density at radius 3 is 2.50 bits per heavy atom. The molecule has 2 heterocycles. The number of halogens is 1. The van der Waals surface area contributed by atoms with Gasteiger partial charge in [-0.15, -0.1) is 24.0 Å². The molecule has 9 heteroatoms. The summed E-state index contributed by atoms with van der Waals surface area (Å²) in [7, 11) is -1.27. The zero-order valence-electron chi connectivity index (χ0n) is 16.5. The van der Waals surface area contributed by atoms with Crippen molar-refractivity contribution in [1.29, 1.82) is 0 Å². The van der Waals surface area contributed by atoms with Crippen LogP contribution in [0.2, 0.25) is 0 Å². The van der Waals surface area contributed by atoms with Crippen LogP contribution in [0.15, 0.2) is 35.3 Å². The minimum Gasteiger partial charge on any atom is -0.355 e. The molecular formula is C19H32IN5O2S. The van der Waals surface area contributed by atoms with E-state index in [0.29, 0.717) is 25.7 Å². The molecule has 158 valence electrons. The lowest BCUT2D eigenvalue weighted by atomic mass is 10.0. The molecule has 0 bridgehead atoms. The van der Waals surface area contributed by atoms with E-state index in [1.807, 2.05) is 0 Å². The van der Waals surface area contributed by atoms with Crippen LogP contribution < -0.4 is 10.6 Å². The summed E-state index contributed by atoms with van der Waals surface area (Å²) >= 11 is 0. The van der Waals surface area contributed by atoms with Crippen LogP contribution in [0.3, 0.4) is 0 Å². The SMILES string of the molecule is CN=C(NCCN1CCCS1(=O)=O)NC1CCN(Cc2ccccc2)CC1.I. The molecule has 0 saturated carbocycles. The van der Waals surface area contributed by atoms with Crippen LogP contribution in [0.1, 0.15) is 24.8 Å². The zero-order chi connectivity index (χ0) is 19.1. The first-order valence-electron chi connectivity index (χ1n) is 9.78. The Morgan fingerprint density at radius 2 is 1.89 bits per heavy atom. The number of nitrogens with zero attached hydrogens (tertiary/aromatic N) is 3. The summed E-state index contributed by atoms with van der Waals surface area (Å²) in [6.45, 7) is 4.84. The molecule has 0 radical (unpaired) electrons. The summed E-state index contributed by atoms with van der Waals surface area (Å²) < 4.78 is 25.2. The number of nitrogens with one attached hydrogen (secondary N) is 2. The zero-order valence-corrected chi connectivity index (χ0v) is 19.7. The van der Waals surface area contributed by atoms with Crippen LogP contribution in [0.25, 0.3) is 0 Å². The smallest absolute Gasteiger partial charge is 0.214 e. The van der Waals surface area contributed by atoms with Gasteiger partial charge in [0.2, 0.25) is 10.0 Å². The van der Waals surface area contributed by atoms with E-state index in [1.165, 1.54) is 5.56 Å². The first-order valence-corrected chi connectivity index (χ1v) is 11.4. The Bertz CT molecular complexity index is 721. The Kier molecular flexibility index (Phi) is 9.45. The third kappa shape index (κ3) is 6.85. The van der Waals surface area contributed by atoms with Crippen LogP contribution in [0.5, 0.6) is 0 Å². The lowest BCUT2D eigenvalue weighted by Gasteiger charge is -2.33. The van der Waals surface area contributed by atoms with Gasteiger partial charge in [0.1, 0.15) is 0 Å². The second kappa shape index (κ2) is 11.3. The topological polar surface area (TPSA) is 77.0 Å². The molecule has 0 spiro atoms. The first-order chi connectivity index (χ1) is 13.1. The number of hydrogen-bond donors (Lipinski definition) is 2. The van der Waals surface area contributed by atoms with Gasteiger partial charge in [0.15, 0.2) is 5.96 Å². The number of piperidine rings is 1. The highest BCUT2D eigenvalue weighted by molar-refractivity contribution is 14.0. The van der Waals surface area contributed by atoms with Crippen molar-refractivity contribution in [1.82, 2.24) is 19.8 Å². The highest BCUT2D eigenvalue weighted by Gasteiger charge is 2.27. The van der Waals surface area contributed by atoms with Crippen molar-refractivity contribution >= 4 is 40.0 Å². The molecule has 0 atom stereocenters. The lowest BCUT2D eigenvalue weighted by Crippen LogP contribution is -2.49. The van der Waals surface area contributed by atoms with E-state index in [1.54, 1.807) is 11.4 Å². The van der Waals surface area contributed by atoms with Gasteiger partial charge in [0, 0.05) is 52.4 Å². The predicted octanol–water partition coefficient (Wildman–Crippen LogP) is 1.47. The van der Waals surface area contributed by atoms with Crippen LogP contribution in [-0.4, -0.2) is 75.1 Å². The molecule has 2 N–H and O–H groups in total. The third-order valence-corrected chi connectivity index (χ3v) is 7.21. The fraction of sp³-hybridized carbons (Fsp3) is 0.632. The fourth-order valence-corrected chi connectivity index (χ4v) is 5.24. The van der Waals surface area contributed by atoms with Crippen molar-refractivity contribution in [3.8, 4) is 0 Å². The lowest BCUT2D eigenvalue weighted by molar-refractivity contribution is 0.198. The van der Waals surface area contributed by atoms with E-state index in [9.17, 15) is 8.42 Å². The summed E-state index contributed by atoms with van der Waals surface area (Å²) in [6.07, 6.45) is 2.89. The van der Waals surface area contributed by atoms with Crippen molar-refractivity contribution in [2.24, 2.45) is 4.99 Å². The van der Waals surface area contributed by atoms with Crippen LogP contribution in [0.4, 0.5) is 0 Å². The van der Waals surface area contributed by atoms with E-state index in [0.717, 1.165) is 44.9 Å². The standard InChI is InChI=1S/C19H31N5O2S.HI/c1-20-19(21-10-14-24-11-5-15-27(24,25)26)22-18-8-12-23(13-9-18)16-17-6-3-2-4-7-17;/h2-4,6-7,18H,5,8-16H2,1H3,(H2,20,21,22);1H. The fourth-order valence-electron chi connectivity index (χ4n) is 3.71. The van der Waals surface area contributed by atoms with Gasteiger partial charge in [-0.25, -0.2) is 12.7 Å². The average Bonchev–Trinajstić information content (AvgIpc) is 3.01. The molecule has 0 unspecified atom stereocenters. The molecule has 2 saturated heterocycles. The van der Waals surface area contributed by atoms with Gasteiger partial charge < -0.3 is 10.6 Å². The highest BCUT2D eigenvalue weighted by Crippen LogP contribution is 2.14. The van der Waals surface area contributed by atoms with Gasteiger partial charge in [0.25, 0.3) is 0 Å². The summed E-state index contributed by atoms with van der Waals surface area (Å²) in [4.78, 5) is 6.77. The molecule has 2 aliphatic rings. The van der Waals surface area contributed by atoms with Crippen molar-refractivity contribution in [3.05, 3.63) is 35.9 Å². The van der Waals surface area contributed by atoms with E-state index in [4.69, 9.17) is 0 Å². The average molecular weight is 521 g/mol. The van der Waals surface area contributed by atoms with Crippen molar-refractivity contribution in [2.75, 3.05) is 45.5 Å². The molecule has 7 nitrogen and oxygen atoms in total. The maximum absolute atomic E-state index is 11.8. The van der Waals surface area contributed by atoms with Gasteiger partial charge in [-0.05, 0) is 24.8 Å². The van der Waals surface area contributed by atoms with Crippen molar-refractivity contribution < 1.29 is 8.42 Å². The highest BCUT2D eigenvalue weighted by atomic mass is 127. The maximum Gasteiger partial charge on any atom is 0.214 e. The second-order valence-corrected chi connectivity index (χ2v) is 9.34. The number of rotatable bonds is 6. The first kappa shape index (κ1) is 23.4. The maximum atomic E-state index is 11.8. The van der Waals surface area contributed by atoms with E-state index in [-0.39, 0.29) is 29.7 Å². The molecule has 1 aromatic rings. The minimum absolute atomic E-state index is 0. The molecule has 2 aliphatic heterocycles. The summed E-state index contributed by atoms with van der Waals surface area (Å²) in [5.74, 6) is 1.04. The normalized spacial score (nSPS) is 21.2. The van der Waals surface area contributed by atoms with Gasteiger partial charge in [-0.1, -0.05) is 30.3 Å². The van der Waals surface area contributed by atoms with Crippen molar-refractivity contribution in [2.45, 2.75) is 31.8 Å². The van der Waals surface area contributed by atoms with Gasteiger partial charge in [-0.2, -0.15) is 0 Å². The van der Waals surface area contributed by atoms with Crippen LogP contribution in [0, 0.1) is 0 Å². The number of aliphatic imine (C=N–C) groups is 1. The second-order valence-electron chi connectivity index (χ2n) is 7.25. The Morgan fingerprint density at radius 1 is 1.18 bits per heavy atom. The molecule has 0 amide bonds. The molecule has 1 aromatic carbocycles. The monoisotopic (exact) mass is 521 g/mol. The van der Waals surface area contributed by atoms with Gasteiger partial charge >= 0.3 is 0 Å². The number of guanidine groups is 1. The third-order valence-electron chi connectivity index (χ3n) is 5.26. The van der Waals surface area contributed by atoms with E-state index in [2.05, 4.69) is 50.9 Å². The van der Waals surface area contributed by atoms with Gasteiger partial charge in [0.05, 0.1) is 5.75 Å². The van der Waals surface area contributed by atoms with E-state index >= 15 is 0 Å². The molecular weight excluding hydrogens is 489 g/mol. The molecule has 28 heavy (non-hydrogen) atoms.